The highest BCUT2D eigenvalue weighted by atomic mass is 32.2. The van der Waals surface area contributed by atoms with Crippen LogP contribution >= 0.6 is 11.8 Å². The van der Waals surface area contributed by atoms with Gasteiger partial charge in [-0.3, -0.25) is 19.3 Å². The molecular weight excluding hydrogens is 512 g/mol. The zero-order valence-corrected chi connectivity index (χ0v) is 21.9. The van der Waals surface area contributed by atoms with Crippen molar-refractivity contribution >= 4 is 57.3 Å². The first-order valence-electron chi connectivity index (χ1n) is 12.2. The van der Waals surface area contributed by atoms with Gasteiger partial charge in [0, 0.05) is 5.69 Å². The van der Waals surface area contributed by atoms with Crippen molar-refractivity contribution in [2.75, 3.05) is 11.9 Å². The Morgan fingerprint density at radius 2 is 1.62 bits per heavy atom. The van der Waals surface area contributed by atoms with E-state index >= 15 is 0 Å². The van der Waals surface area contributed by atoms with Crippen LogP contribution < -0.4 is 5.32 Å². The molecule has 0 saturated carbocycles. The van der Waals surface area contributed by atoms with Crippen LogP contribution in [0.25, 0.3) is 16.8 Å². The first kappa shape index (κ1) is 25.9. The molecule has 0 unspecified atom stereocenters. The lowest BCUT2D eigenvalue weighted by Crippen LogP contribution is -2.27. The van der Waals surface area contributed by atoms with Gasteiger partial charge in [0.15, 0.2) is 6.61 Å². The minimum absolute atomic E-state index is 0.190. The number of ether oxygens (including phenoxy) is 1. The number of nitrogens with zero attached hydrogens (tertiary/aromatic N) is 1. The maximum Gasteiger partial charge on any atom is 0.338 e. The molecule has 4 aromatic carbocycles. The van der Waals surface area contributed by atoms with E-state index in [-0.39, 0.29) is 23.3 Å². The molecule has 7 nitrogen and oxygen atoms in total. The summed E-state index contributed by atoms with van der Waals surface area (Å²) in [5.41, 5.74) is 3.47. The fraction of sp³-hybridized carbons (Fsp3) is 0.0968. The number of rotatable bonds is 7. The third-order valence-corrected chi connectivity index (χ3v) is 7.05. The standard InChI is InChI=1S/C31H24N2O5S/c1-20-6-14-26(15-7-20)32-28(34)19-38-30(36)24-12-8-21(9-13-24)17-27-29(35)33(31(37)39-27)18-22-10-11-23-4-2-3-5-25(23)16-22/h2-17H,18-19H2,1H3,(H,32,34)/b27-17-. The molecule has 1 aliphatic heterocycles. The summed E-state index contributed by atoms with van der Waals surface area (Å²) in [5, 5.41) is 4.48. The van der Waals surface area contributed by atoms with Crippen molar-refractivity contribution in [2.45, 2.75) is 13.5 Å². The van der Waals surface area contributed by atoms with Gasteiger partial charge in [-0.05, 0) is 77.0 Å². The van der Waals surface area contributed by atoms with E-state index in [1.807, 2.05) is 61.5 Å². The molecule has 39 heavy (non-hydrogen) atoms. The van der Waals surface area contributed by atoms with Crippen LogP contribution in [0, 0.1) is 6.92 Å². The van der Waals surface area contributed by atoms with Crippen molar-refractivity contribution in [1.82, 2.24) is 4.90 Å². The first-order chi connectivity index (χ1) is 18.9. The largest absolute Gasteiger partial charge is 0.452 e. The number of fused-ring (bicyclic) bond motifs is 1. The zero-order valence-electron chi connectivity index (χ0n) is 21.0. The molecule has 8 heteroatoms. The molecule has 0 atom stereocenters. The minimum atomic E-state index is -0.642. The lowest BCUT2D eigenvalue weighted by molar-refractivity contribution is -0.123. The lowest BCUT2D eigenvalue weighted by Gasteiger charge is -2.13. The number of benzene rings is 4. The predicted octanol–water partition coefficient (Wildman–Crippen LogP) is 6.18. The smallest absolute Gasteiger partial charge is 0.338 e. The number of hydrogen-bond acceptors (Lipinski definition) is 6. The number of esters is 1. The minimum Gasteiger partial charge on any atom is -0.452 e. The van der Waals surface area contributed by atoms with Gasteiger partial charge in [0.1, 0.15) is 0 Å². The highest BCUT2D eigenvalue weighted by molar-refractivity contribution is 8.18. The maximum absolute atomic E-state index is 13.0. The summed E-state index contributed by atoms with van der Waals surface area (Å²) >= 11 is 0.885. The van der Waals surface area contributed by atoms with Crippen molar-refractivity contribution in [3.05, 3.63) is 118 Å². The Balaban J connectivity index is 1.18. The molecule has 194 valence electrons. The van der Waals surface area contributed by atoms with E-state index in [9.17, 15) is 19.2 Å². The van der Waals surface area contributed by atoms with Gasteiger partial charge in [-0.1, -0.05) is 66.2 Å². The molecule has 1 fully saturated rings. The molecule has 0 spiro atoms. The Labute approximate surface area is 229 Å². The lowest BCUT2D eigenvalue weighted by atomic mass is 10.1. The average molecular weight is 537 g/mol. The van der Waals surface area contributed by atoms with Crippen molar-refractivity contribution in [3.63, 3.8) is 0 Å². The van der Waals surface area contributed by atoms with E-state index in [2.05, 4.69) is 5.32 Å². The van der Waals surface area contributed by atoms with Gasteiger partial charge >= 0.3 is 5.97 Å². The van der Waals surface area contributed by atoms with Crippen molar-refractivity contribution < 1.29 is 23.9 Å². The van der Waals surface area contributed by atoms with Crippen LogP contribution in [0.1, 0.15) is 27.0 Å². The molecule has 3 amide bonds. The number of imide groups is 1. The van der Waals surface area contributed by atoms with E-state index in [0.717, 1.165) is 33.7 Å². The second kappa shape index (κ2) is 11.4. The van der Waals surface area contributed by atoms with Crippen LogP contribution in [0.4, 0.5) is 10.5 Å². The molecule has 5 rings (SSSR count). The second-order valence-electron chi connectivity index (χ2n) is 9.06. The quantitative estimate of drug-likeness (QED) is 0.224. The zero-order chi connectivity index (χ0) is 27.4. The molecule has 0 aliphatic carbocycles. The number of carbonyl (C=O) groups excluding carboxylic acids is 4. The van der Waals surface area contributed by atoms with Crippen molar-refractivity contribution in [1.29, 1.82) is 0 Å². The molecule has 1 saturated heterocycles. The number of amides is 3. The molecule has 1 heterocycles. The first-order valence-corrected chi connectivity index (χ1v) is 13.0. The summed E-state index contributed by atoms with van der Waals surface area (Å²) in [6.07, 6.45) is 1.62. The summed E-state index contributed by atoms with van der Waals surface area (Å²) in [5.74, 6) is -1.44. The van der Waals surface area contributed by atoms with Gasteiger partial charge in [0.05, 0.1) is 17.0 Å². The predicted molar refractivity (Wildman–Crippen MR) is 152 cm³/mol. The van der Waals surface area contributed by atoms with Gasteiger partial charge in [-0.15, -0.1) is 0 Å². The van der Waals surface area contributed by atoms with E-state index in [1.165, 1.54) is 4.90 Å². The monoisotopic (exact) mass is 536 g/mol. The molecule has 0 bridgehead atoms. The Morgan fingerprint density at radius 1 is 0.897 bits per heavy atom. The fourth-order valence-corrected chi connectivity index (χ4v) is 4.91. The number of nitrogens with one attached hydrogen (secondary N) is 1. The number of hydrogen-bond donors (Lipinski definition) is 1. The second-order valence-corrected chi connectivity index (χ2v) is 10.1. The van der Waals surface area contributed by atoms with Crippen LogP contribution in [0.2, 0.25) is 0 Å². The number of thioether (sulfide) groups is 1. The van der Waals surface area contributed by atoms with E-state index in [1.54, 1.807) is 42.5 Å². The van der Waals surface area contributed by atoms with Crippen LogP contribution in [0.5, 0.6) is 0 Å². The Bertz CT molecular complexity index is 1610. The van der Waals surface area contributed by atoms with Crippen LogP contribution in [-0.2, 0) is 20.9 Å². The Kier molecular flexibility index (Phi) is 7.56. The Hall–Kier alpha value is -4.69. The fourth-order valence-electron chi connectivity index (χ4n) is 4.07. The van der Waals surface area contributed by atoms with Crippen LogP contribution in [-0.4, -0.2) is 34.5 Å². The average Bonchev–Trinajstić information content (AvgIpc) is 3.20. The number of aryl methyl sites for hydroxylation is 1. The summed E-state index contributed by atoms with van der Waals surface area (Å²) in [7, 11) is 0. The molecule has 1 aliphatic rings. The van der Waals surface area contributed by atoms with Crippen molar-refractivity contribution in [2.24, 2.45) is 0 Å². The normalized spacial score (nSPS) is 14.2. The highest BCUT2D eigenvalue weighted by Crippen LogP contribution is 2.33. The van der Waals surface area contributed by atoms with Gasteiger partial charge in [-0.25, -0.2) is 4.79 Å². The summed E-state index contributed by atoms with van der Waals surface area (Å²) in [4.78, 5) is 51.5. The van der Waals surface area contributed by atoms with Gasteiger partial charge in [-0.2, -0.15) is 0 Å². The molecule has 0 radical (unpaired) electrons. The number of anilines is 1. The number of carbonyl (C=O) groups is 4. The summed E-state index contributed by atoms with van der Waals surface area (Å²) < 4.78 is 5.11. The van der Waals surface area contributed by atoms with Gasteiger partial charge in [0.25, 0.3) is 17.1 Å². The van der Waals surface area contributed by atoms with E-state index in [4.69, 9.17) is 4.74 Å². The molecular formula is C31H24N2O5S. The van der Waals surface area contributed by atoms with Gasteiger partial charge in [0.2, 0.25) is 0 Å². The van der Waals surface area contributed by atoms with Crippen LogP contribution in [0.3, 0.4) is 0 Å². The highest BCUT2D eigenvalue weighted by Gasteiger charge is 2.35. The maximum atomic E-state index is 13.0. The third-order valence-electron chi connectivity index (χ3n) is 6.14. The summed E-state index contributed by atoms with van der Waals surface area (Å²) in [6, 6.07) is 27.5. The third kappa shape index (κ3) is 6.25. The van der Waals surface area contributed by atoms with Crippen LogP contribution in [0.15, 0.2) is 95.9 Å². The molecule has 4 aromatic rings. The van der Waals surface area contributed by atoms with E-state index < -0.39 is 18.5 Å². The van der Waals surface area contributed by atoms with E-state index in [0.29, 0.717) is 16.2 Å². The van der Waals surface area contributed by atoms with Gasteiger partial charge < -0.3 is 10.1 Å². The SMILES string of the molecule is Cc1ccc(NC(=O)COC(=O)c2ccc(/C=C3\SC(=O)N(Cc4ccc5ccccc5c4)C3=O)cc2)cc1. The topological polar surface area (TPSA) is 92.8 Å². The Morgan fingerprint density at radius 3 is 2.36 bits per heavy atom. The van der Waals surface area contributed by atoms with Crippen molar-refractivity contribution in [3.8, 4) is 0 Å². The summed E-state index contributed by atoms with van der Waals surface area (Å²) in [6.45, 7) is 1.72. The molecule has 1 N–H and O–H groups in total. The molecule has 0 aromatic heterocycles.